The first-order chi connectivity index (χ1) is 12.7. The Bertz CT molecular complexity index is 1000. The van der Waals surface area contributed by atoms with Crippen molar-refractivity contribution >= 4 is 17.7 Å². The van der Waals surface area contributed by atoms with Gasteiger partial charge in [-0.1, -0.05) is 18.2 Å². The topological polar surface area (TPSA) is 92.9 Å². The number of imidazole rings is 1. The molecule has 7 nitrogen and oxygen atoms in total. The number of fused-ring (bicyclic) bond motifs is 1. The lowest BCUT2D eigenvalue weighted by Crippen LogP contribution is -2.32. The number of amides is 1. The normalized spacial score (nSPS) is 11.4. The van der Waals surface area contributed by atoms with E-state index in [4.69, 9.17) is 9.84 Å². The van der Waals surface area contributed by atoms with Crippen molar-refractivity contribution in [3.8, 4) is 11.3 Å². The van der Waals surface area contributed by atoms with Gasteiger partial charge < -0.3 is 19.6 Å². The zero-order valence-corrected chi connectivity index (χ0v) is 15.4. The number of nitrogens with one attached hydrogen (secondary N) is 1. The largest absolute Gasteiger partial charge is 0.478 e. The van der Waals surface area contributed by atoms with Crippen LogP contribution in [0.2, 0.25) is 0 Å². The van der Waals surface area contributed by atoms with Gasteiger partial charge in [0.15, 0.2) is 0 Å². The van der Waals surface area contributed by atoms with E-state index in [-0.39, 0.29) is 5.56 Å². The number of ether oxygens (including phenoxy) is 1. The molecule has 0 unspecified atom stereocenters. The fourth-order valence-electron chi connectivity index (χ4n) is 2.58. The Morgan fingerprint density at radius 2 is 1.96 bits per heavy atom. The van der Waals surface area contributed by atoms with E-state index in [1.165, 1.54) is 0 Å². The third-order valence-electron chi connectivity index (χ3n) is 3.75. The van der Waals surface area contributed by atoms with Crippen LogP contribution in [-0.2, 0) is 11.3 Å². The van der Waals surface area contributed by atoms with Crippen molar-refractivity contribution in [2.45, 2.75) is 32.9 Å². The molecule has 2 heterocycles. The number of carbonyl (C=O) groups is 2. The number of alkyl carbamates (subject to hydrolysis) is 1. The number of pyridine rings is 1. The second-order valence-corrected chi connectivity index (χ2v) is 7.17. The Balaban J connectivity index is 1.78. The highest BCUT2D eigenvalue weighted by Gasteiger charge is 2.15. The number of aromatic nitrogens is 2. The lowest BCUT2D eigenvalue weighted by molar-refractivity contribution is 0.0523. The van der Waals surface area contributed by atoms with Crippen LogP contribution in [0, 0.1) is 0 Å². The second-order valence-electron chi connectivity index (χ2n) is 7.17. The third-order valence-corrected chi connectivity index (χ3v) is 3.75. The fraction of sp³-hybridized carbons (Fsp3) is 0.250. The van der Waals surface area contributed by atoms with Crippen LogP contribution in [0.5, 0.6) is 0 Å². The summed E-state index contributed by atoms with van der Waals surface area (Å²) in [6.45, 7) is 5.76. The molecule has 3 rings (SSSR count). The van der Waals surface area contributed by atoms with Gasteiger partial charge in [-0.05, 0) is 44.5 Å². The summed E-state index contributed by atoms with van der Waals surface area (Å²) >= 11 is 0. The lowest BCUT2D eigenvalue weighted by atomic mass is 10.1. The molecule has 2 aromatic heterocycles. The molecule has 0 saturated heterocycles. The van der Waals surface area contributed by atoms with Crippen molar-refractivity contribution in [1.82, 2.24) is 14.7 Å². The molecular formula is C20H21N3O4. The van der Waals surface area contributed by atoms with Gasteiger partial charge in [0.2, 0.25) is 0 Å². The fourth-order valence-corrected chi connectivity index (χ4v) is 2.58. The van der Waals surface area contributed by atoms with Crippen LogP contribution in [-0.4, -0.2) is 32.2 Å². The highest BCUT2D eigenvalue weighted by Crippen LogP contribution is 2.21. The average molecular weight is 367 g/mol. The van der Waals surface area contributed by atoms with Gasteiger partial charge in [0, 0.05) is 24.5 Å². The number of carboxylic acid groups (broad SMARTS) is 1. The number of hydrogen-bond acceptors (Lipinski definition) is 4. The Hall–Kier alpha value is -3.35. The summed E-state index contributed by atoms with van der Waals surface area (Å²) < 4.78 is 7.06. The van der Waals surface area contributed by atoms with Crippen molar-refractivity contribution in [2.75, 3.05) is 0 Å². The van der Waals surface area contributed by atoms with Crippen molar-refractivity contribution in [1.29, 1.82) is 0 Å². The predicted molar refractivity (Wildman–Crippen MR) is 101 cm³/mol. The molecule has 0 spiro atoms. The number of aromatic carboxylic acids is 1. The molecule has 1 aromatic carbocycles. The van der Waals surface area contributed by atoms with Crippen LogP contribution in [0.4, 0.5) is 4.79 Å². The molecule has 0 radical (unpaired) electrons. The SMILES string of the molecule is CC(C)(C)OC(=O)NCc1ccc2nc(-c3cccc(C(=O)O)c3)cn2c1. The van der Waals surface area contributed by atoms with Gasteiger partial charge in [-0.25, -0.2) is 14.6 Å². The third kappa shape index (κ3) is 4.63. The van der Waals surface area contributed by atoms with E-state index in [1.807, 2.05) is 55.8 Å². The molecule has 3 aromatic rings. The van der Waals surface area contributed by atoms with E-state index in [0.717, 1.165) is 16.8 Å². The van der Waals surface area contributed by atoms with E-state index in [0.29, 0.717) is 12.2 Å². The minimum absolute atomic E-state index is 0.215. The first-order valence-electron chi connectivity index (χ1n) is 8.49. The van der Waals surface area contributed by atoms with Gasteiger partial charge in [0.05, 0.1) is 11.3 Å². The van der Waals surface area contributed by atoms with E-state index in [9.17, 15) is 9.59 Å². The molecule has 0 fully saturated rings. The summed E-state index contributed by atoms with van der Waals surface area (Å²) in [5.74, 6) is -0.976. The summed E-state index contributed by atoms with van der Waals surface area (Å²) in [5.41, 5.74) is 2.69. The van der Waals surface area contributed by atoms with Crippen LogP contribution in [0.15, 0.2) is 48.8 Å². The first-order valence-corrected chi connectivity index (χ1v) is 8.49. The molecule has 140 valence electrons. The van der Waals surface area contributed by atoms with Gasteiger partial charge >= 0.3 is 12.1 Å². The lowest BCUT2D eigenvalue weighted by Gasteiger charge is -2.19. The van der Waals surface area contributed by atoms with Crippen LogP contribution in [0.3, 0.4) is 0 Å². The summed E-state index contributed by atoms with van der Waals surface area (Å²) in [4.78, 5) is 27.4. The molecule has 1 amide bonds. The molecule has 0 saturated carbocycles. The highest BCUT2D eigenvalue weighted by molar-refractivity contribution is 5.89. The zero-order valence-electron chi connectivity index (χ0n) is 15.4. The first kappa shape index (κ1) is 18.4. The quantitative estimate of drug-likeness (QED) is 0.733. The molecular weight excluding hydrogens is 346 g/mol. The van der Waals surface area contributed by atoms with Gasteiger partial charge in [-0.3, -0.25) is 0 Å². The van der Waals surface area contributed by atoms with Crippen LogP contribution >= 0.6 is 0 Å². The molecule has 7 heteroatoms. The molecule has 0 atom stereocenters. The molecule has 2 N–H and O–H groups in total. The number of nitrogens with zero attached hydrogens (tertiary/aromatic N) is 2. The minimum Gasteiger partial charge on any atom is -0.478 e. The van der Waals surface area contributed by atoms with Crippen LogP contribution < -0.4 is 5.32 Å². The smallest absolute Gasteiger partial charge is 0.407 e. The monoisotopic (exact) mass is 367 g/mol. The molecule has 0 aliphatic heterocycles. The molecule has 0 aliphatic rings. The van der Waals surface area contributed by atoms with Crippen LogP contribution in [0.25, 0.3) is 16.9 Å². The molecule has 27 heavy (non-hydrogen) atoms. The maximum atomic E-state index is 11.8. The van der Waals surface area contributed by atoms with E-state index in [2.05, 4.69) is 10.3 Å². The van der Waals surface area contributed by atoms with E-state index < -0.39 is 17.7 Å². The van der Waals surface area contributed by atoms with Gasteiger partial charge in [-0.15, -0.1) is 0 Å². The molecule has 0 bridgehead atoms. The summed E-state index contributed by atoms with van der Waals surface area (Å²) in [6.07, 6.45) is 3.22. The maximum Gasteiger partial charge on any atom is 0.407 e. The highest BCUT2D eigenvalue weighted by atomic mass is 16.6. The second kappa shape index (κ2) is 7.11. The number of benzene rings is 1. The summed E-state index contributed by atoms with van der Waals surface area (Å²) in [5, 5.41) is 11.9. The zero-order chi connectivity index (χ0) is 19.6. The number of hydrogen-bond donors (Lipinski definition) is 2. The van der Waals surface area contributed by atoms with Crippen molar-refractivity contribution in [2.24, 2.45) is 0 Å². The minimum atomic E-state index is -0.976. The van der Waals surface area contributed by atoms with Gasteiger partial charge in [-0.2, -0.15) is 0 Å². The van der Waals surface area contributed by atoms with Crippen molar-refractivity contribution in [3.63, 3.8) is 0 Å². The van der Waals surface area contributed by atoms with Crippen molar-refractivity contribution in [3.05, 3.63) is 59.9 Å². The van der Waals surface area contributed by atoms with Crippen molar-refractivity contribution < 1.29 is 19.4 Å². The summed E-state index contributed by atoms with van der Waals surface area (Å²) in [6, 6.07) is 10.4. The number of rotatable bonds is 4. The number of carboxylic acids is 1. The summed E-state index contributed by atoms with van der Waals surface area (Å²) in [7, 11) is 0. The van der Waals surface area contributed by atoms with E-state index >= 15 is 0 Å². The Kier molecular flexibility index (Phi) is 4.85. The Morgan fingerprint density at radius 1 is 1.19 bits per heavy atom. The van der Waals surface area contributed by atoms with Gasteiger partial charge in [0.25, 0.3) is 0 Å². The molecule has 0 aliphatic carbocycles. The van der Waals surface area contributed by atoms with Crippen LogP contribution in [0.1, 0.15) is 36.7 Å². The van der Waals surface area contributed by atoms with Gasteiger partial charge in [0.1, 0.15) is 11.2 Å². The standard InChI is InChI=1S/C20H21N3O4/c1-20(2,3)27-19(26)21-10-13-7-8-17-22-16(12-23(17)11-13)14-5-4-6-15(9-14)18(24)25/h4-9,11-12H,10H2,1-3H3,(H,21,26)(H,24,25). The van der Waals surface area contributed by atoms with E-state index in [1.54, 1.807) is 18.2 Å². The predicted octanol–water partition coefficient (Wildman–Crippen LogP) is 3.72. The maximum absolute atomic E-state index is 11.8. The Labute approximate surface area is 156 Å². The Morgan fingerprint density at radius 3 is 2.67 bits per heavy atom. The number of carbonyl (C=O) groups excluding carboxylic acids is 1. The average Bonchev–Trinajstić information content (AvgIpc) is 3.02.